The maximum atomic E-state index is 11.9. The largest absolute Gasteiger partial charge is 0.313 e. The Morgan fingerprint density at radius 1 is 1.56 bits per heavy atom. The Bertz CT molecular complexity index is 476. The zero-order valence-electron chi connectivity index (χ0n) is 10.6. The summed E-state index contributed by atoms with van der Waals surface area (Å²) in [5.41, 5.74) is 1.24. The molecule has 1 unspecified atom stereocenters. The van der Waals surface area contributed by atoms with Gasteiger partial charge in [0.2, 0.25) is 10.0 Å². The molecular formula is C12H20N2O2S2. The van der Waals surface area contributed by atoms with E-state index in [9.17, 15) is 8.42 Å². The van der Waals surface area contributed by atoms with Gasteiger partial charge in [-0.1, -0.05) is 6.92 Å². The number of thiophene rings is 1. The number of sulfonamides is 1. The second-order valence-electron chi connectivity index (χ2n) is 4.62. The van der Waals surface area contributed by atoms with Crippen LogP contribution in [0.15, 0.2) is 11.4 Å². The van der Waals surface area contributed by atoms with Crippen LogP contribution in [0.4, 0.5) is 0 Å². The van der Waals surface area contributed by atoms with Crippen LogP contribution in [0.25, 0.3) is 0 Å². The summed E-state index contributed by atoms with van der Waals surface area (Å²) in [5, 5.41) is 5.23. The van der Waals surface area contributed by atoms with Crippen LogP contribution in [0.2, 0.25) is 0 Å². The molecule has 18 heavy (non-hydrogen) atoms. The topological polar surface area (TPSA) is 58.2 Å². The van der Waals surface area contributed by atoms with Gasteiger partial charge in [0.25, 0.3) is 0 Å². The molecule has 0 aromatic carbocycles. The minimum atomic E-state index is -3.17. The van der Waals surface area contributed by atoms with Crippen LogP contribution in [-0.4, -0.2) is 26.8 Å². The minimum Gasteiger partial charge on any atom is -0.313 e. The summed E-state index contributed by atoms with van der Waals surface area (Å²) < 4.78 is 26.6. The lowest BCUT2D eigenvalue weighted by Gasteiger charge is -2.11. The summed E-state index contributed by atoms with van der Waals surface area (Å²) in [4.78, 5) is 1.13. The fourth-order valence-corrected chi connectivity index (χ4v) is 4.54. The number of nitrogens with one attached hydrogen (secondary N) is 2. The first kappa shape index (κ1) is 14.0. The van der Waals surface area contributed by atoms with Gasteiger partial charge in [-0.15, -0.1) is 11.3 Å². The predicted octanol–water partition coefficient (Wildman–Crippen LogP) is 1.48. The van der Waals surface area contributed by atoms with Crippen molar-refractivity contribution in [3.05, 3.63) is 21.9 Å². The first-order chi connectivity index (χ1) is 8.61. The van der Waals surface area contributed by atoms with Gasteiger partial charge in [0.1, 0.15) is 0 Å². The second kappa shape index (κ2) is 6.14. The lowest BCUT2D eigenvalue weighted by molar-refractivity contribution is 0.563. The monoisotopic (exact) mass is 288 g/mol. The smallest absolute Gasteiger partial charge is 0.213 e. The molecule has 0 saturated carbocycles. The molecule has 6 heteroatoms. The average Bonchev–Trinajstić information content (AvgIpc) is 2.96. The Labute approximate surface area is 113 Å². The molecule has 0 radical (unpaired) electrons. The zero-order valence-corrected chi connectivity index (χ0v) is 12.2. The average molecular weight is 288 g/mol. The van der Waals surface area contributed by atoms with Crippen LogP contribution in [0.1, 0.15) is 30.2 Å². The molecule has 4 nitrogen and oxygen atoms in total. The Hall–Kier alpha value is -0.430. The predicted molar refractivity (Wildman–Crippen MR) is 75.3 cm³/mol. The van der Waals surface area contributed by atoms with Crippen LogP contribution >= 0.6 is 11.3 Å². The van der Waals surface area contributed by atoms with E-state index in [1.165, 1.54) is 5.56 Å². The van der Waals surface area contributed by atoms with E-state index in [-0.39, 0.29) is 11.8 Å². The third kappa shape index (κ3) is 3.78. The van der Waals surface area contributed by atoms with Crippen LogP contribution in [0.3, 0.4) is 0 Å². The van der Waals surface area contributed by atoms with E-state index in [2.05, 4.69) is 23.0 Å². The lowest BCUT2D eigenvalue weighted by atomic mass is 10.2. The Kier molecular flexibility index (Phi) is 4.77. The Balaban J connectivity index is 1.88. The molecular weight excluding hydrogens is 268 g/mol. The van der Waals surface area contributed by atoms with Crippen molar-refractivity contribution in [2.24, 2.45) is 0 Å². The molecule has 2 rings (SSSR count). The summed E-state index contributed by atoms with van der Waals surface area (Å²) in [6.45, 7) is 3.45. The first-order valence-electron chi connectivity index (χ1n) is 6.36. The van der Waals surface area contributed by atoms with E-state index in [4.69, 9.17) is 0 Å². The van der Waals surface area contributed by atoms with Crippen molar-refractivity contribution < 1.29 is 8.42 Å². The summed E-state index contributed by atoms with van der Waals surface area (Å²) in [5.74, 6) is 0.194. The molecule has 102 valence electrons. The highest BCUT2D eigenvalue weighted by molar-refractivity contribution is 7.89. The molecule has 2 N–H and O–H groups in total. The van der Waals surface area contributed by atoms with Crippen molar-refractivity contribution in [3.8, 4) is 0 Å². The van der Waals surface area contributed by atoms with Gasteiger partial charge in [-0.2, -0.15) is 0 Å². The molecule has 1 atom stereocenters. The molecule has 1 saturated heterocycles. The quantitative estimate of drug-likeness (QED) is 0.833. The second-order valence-corrected chi connectivity index (χ2v) is 7.47. The molecule has 2 heterocycles. The van der Waals surface area contributed by atoms with Gasteiger partial charge >= 0.3 is 0 Å². The van der Waals surface area contributed by atoms with E-state index >= 15 is 0 Å². The molecule has 0 amide bonds. The van der Waals surface area contributed by atoms with Gasteiger partial charge in [0.05, 0.1) is 5.75 Å². The molecule has 1 aromatic rings. The number of aryl methyl sites for hydroxylation is 1. The van der Waals surface area contributed by atoms with E-state index in [1.807, 2.05) is 5.38 Å². The molecule has 1 fully saturated rings. The first-order valence-corrected chi connectivity index (χ1v) is 8.90. The van der Waals surface area contributed by atoms with Crippen molar-refractivity contribution in [3.63, 3.8) is 0 Å². The fraction of sp³-hybridized carbons (Fsp3) is 0.667. The standard InChI is InChI=1S/C12H20N2O2S2/c1-2-10-5-7-17-12(10)8-14-18(15,16)9-11-4-3-6-13-11/h5,7,11,13-14H,2-4,6,8-9H2,1H3. The summed E-state index contributed by atoms with van der Waals surface area (Å²) in [6, 6.07) is 2.18. The van der Waals surface area contributed by atoms with Gasteiger partial charge in [-0.25, -0.2) is 13.1 Å². The van der Waals surface area contributed by atoms with Crippen LogP contribution in [0, 0.1) is 0 Å². The lowest BCUT2D eigenvalue weighted by Crippen LogP contribution is -2.36. The van der Waals surface area contributed by atoms with Gasteiger partial charge in [-0.05, 0) is 42.8 Å². The van der Waals surface area contributed by atoms with E-state index in [1.54, 1.807) is 11.3 Å². The van der Waals surface area contributed by atoms with Crippen LogP contribution in [-0.2, 0) is 23.0 Å². The highest BCUT2D eigenvalue weighted by atomic mass is 32.2. The maximum absolute atomic E-state index is 11.9. The highest BCUT2D eigenvalue weighted by Gasteiger charge is 2.21. The normalized spacial score (nSPS) is 20.4. The Morgan fingerprint density at radius 3 is 3.06 bits per heavy atom. The molecule has 0 aliphatic carbocycles. The van der Waals surface area contributed by atoms with Crippen molar-refractivity contribution in [1.29, 1.82) is 0 Å². The number of hydrogen-bond donors (Lipinski definition) is 2. The van der Waals surface area contributed by atoms with Crippen LogP contribution in [0.5, 0.6) is 0 Å². The van der Waals surface area contributed by atoms with E-state index in [0.717, 1.165) is 30.7 Å². The third-order valence-electron chi connectivity index (χ3n) is 3.25. The fourth-order valence-electron chi connectivity index (χ4n) is 2.24. The van der Waals surface area contributed by atoms with Crippen molar-refractivity contribution in [2.75, 3.05) is 12.3 Å². The third-order valence-corrected chi connectivity index (χ3v) is 5.64. The Morgan fingerprint density at radius 2 is 2.39 bits per heavy atom. The maximum Gasteiger partial charge on any atom is 0.213 e. The summed E-state index contributed by atoms with van der Waals surface area (Å²) in [6.07, 6.45) is 2.98. The zero-order chi connectivity index (χ0) is 13.0. The summed E-state index contributed by atoms with van der Waals surface area (Å²) >= 11 is 1.61. The SMILES string of the molecule is CCc1ccsc1CNS(=O)(=O)CC1CCCN1. The minimum absolute atomic E-state index is 0.122. The number of hydrogen-bond acceptors (Lipinski definition) is 4. The highest BCUT2D eigenvalue weighted by Crippen LogP contribution is 2.17. The molecule has 1 aliphatic heterocycles. The number of rotatable bonds is 6. The van der Waals surface area contributed by atoms with Crippen LogP contribution < -0.4 is 10.0 Å². The van der Waals surface area contributed by atoms with Gasteiger partial charge in [-0.3, -0.25) is 0 Å². The van der Waals surface area contributed by atoms with Crippen molar-refractivity contribution in [2.45, 2.75) is 38.8 Å². The molecule has 1 aromatic heterocycles. The molecule has 0 bridgehead atoms. The summed E-state index contributed by atoms with van der Waals surface area (Å²) in [7, 11) is -3.17. The molecule has 1 aliphatic rings. The van der Waals surface area contributed by atoms with Crippen molar-refractivity contribution in [1.82, 2.24) is 10.0 Å². The van der Waals surface area contributed by atoms with Gasteiger partial charge < -0.3 is 5.32 Å². The van der Waals surface area contributed by atoms with E-state index < -0.39 is 10.0 Å². The van der Waals surface area contributed by atoms with Gasteiger partial charge in [0.15, 0.2) is 0 Å². The van der Waals surface area contributed by atoms with Gasteiger partial charge in [0, 0.05) is 17.5 Å². The van der Waals surface area contributed by atoms with Crippen molar-refractivity contribution >= 4 is 21.4 Å². The van der Waals surface area contributed by atoms with E-state index in [0.29, 0.717) is 6.54 Å². The molecule has 0 spiro atoms.